The first kappa shape index (κ1) is 25.9. The van der Waals surface area contributed by atoms with Gasteiger partial charge in [0.2, 0.25) is 0 Å². The molecule has 0 amide bonds. The van der Waals surface area contributed by atoms with Crippen molar-refractivity contribution in [3.05, 3.63) is 70.3 Å². The minimum Gasteiger partial charge on any atom is -0.481 e. The zero-order valence-corrected chi connectivity index (χ0v) is 17.2. The number of alkyl halides is 9. The Hall–Kier alpha value is -2.76. The molecule has 186 valence electrons. The average molecular weight is 499 g/mol. The first-order valence-electron chi connectivity index (χ1n) is 9.96. The molecule has 1 fully saturated rings. The lowest BCUT2D eigenvalue weighted by Crippen LogP contribution is -2.26. The summed E-state index contributed by atoms with van der Waals surface area (Å²) in [7, 11) is 0. The average Bonchev–Trinajstić information content (AvgIpc) is 3.07. The summed E-state index contributed by atoms with van der Waals surface area (Å²) in [4.78, 5) is 12.5. The van der Waals surface area contributed by atoms with E-state index in [4.69, 9.17) is 5.11 Å². The highest BCUT2D eigenvalue weighted by atomic mass is 19.4. The third-order valence-corrected chi connectivity index (χ3v) is 5.69. The Kier molecular flexibility index (Phi) is 6.94. The summed E-state index contributed by atoms with van der Waals surface area (Å²) in [5, 5.41) is 9.09. The van der Waals surface area contributed by atoms with Gasteiger partial charge in [-0.3, -0.25) is 9.69 Å². The van der Waals surface area contributed by atoms with E-state index in [1.807, 2.05) is 0 Å². The predicted molar refractivity (Wildman–Crippen MR) is 101 cm³/mol. The van der Waals surface area contributed by atoms with E-state index in [0.29, 0.717) is 23.8 Å². The number of halogens is 9. The largest absolute Gasteiger partial charge is 0.481 e. The van der Waals surface area contributed by atoms with Crippen molar-refractivity contribution in [2.24, 2.45) is 5.92 Å². The van der Waals surface area contributed by atoms with Crippen molar-refractivity contribution in [1.29, 1.82) is 0 Å². The van der Waals surface area contributed by atoms with Crippen molar-refractivity contribution in [2.75, 3.05) is 6.54 Å². The molecule has 2 aromatic rings. The molecule has 3 rings (SSSR count). The molecule has 0 aromatic heterocycles. The summed E-state index contributed by atoms with van der Waals surface area (Å²) in [5.74, 6) is -1.72. The van der Waals surface area contributed by atoms with Gasteiger partial charge in [-0.1, -0.05) is 12.1 Å². The lowest BCUT2D eigenvalue weighted by atomic mass is 9.96. The van der Waals surface area contributed by atoms with Crippen molar-refractivity contribution in [3.63, 3.8) is 0 Å². The van der Waals surface area contributed by atoms with Gasteiger partial charge in [0, 0.05) is 25.6 Å². The summed E-state index contributed by atoms with van der Waals surface area (Å²) in [6, 6.07) is 4.17. The molecule has 2 aromatic carbocycles. The van der Waals surface area contributed by atoms with Crippen molar-refractivity contribution in [1.82, 2.24) is 4.90 Å². The van der Waals surface area contributed by atoms with Gasteiger partial charge in [-0.2, -0.15) is 39.5 Å². The quantitative estimate of drug-likeness (QED) is 0.461. The van der Waals surface area contributed by atoms with Crippen LogP contribution in [-0.2, 0) is 29.9 Å². The van der Waals surface area contributed by atoms with E-state index < -0.39 is 65.3 Å². The smallest absolute Gasteiger partial charge is 0.416 e. The highest BCUT2D eigenvalue weighted by Crippen LogP contribution is 2.42. The van der Waals surface area contributed by atoms with Crippen LogP contribution < -0.4 is 0 Å². The van der Waals surface area contributed by atoms with Gasteiger partial charge in [0.05, 0.1) is 16.7 Å². The fraction of sp³-hybridized carbons (Fsp3) is 0.409. The molecule has 1 N–H and O–H groups in total. The second-order valence-electron chi connectivity index (χ2n) is 8.13. The molecule has 3 nitrogen and oxygen atoms in total. The van der Waals surface area contributed by atoms with E-state index in [-0.39, 0.29) is 19.4 Å². The lowest BCUT2D eigenvalue weighted by Gasteiger charge is -2.27. The van der Waals surface area contributed by atoms with Crippen LogP contribution in [0.5, 0.6) is 0 Å². The molecule has 2 atom stereocenters. The molecule has 12 heteroatoms. The van der Waals surface area contributed by atoms with Crippen molar-refractivity contribution < 1.29 is 49.4 Å². The van der Waals surface area contributed by atoms with Gasteiger partial charge in [0.15, 0.2) is 0 Å². The minimum absolute atomic E-state index is 0.0501. The van der Waals surface area contributed by atoms with Gasteiger partial charge in [0.25, 0.3) is 0 Å². The number of benzene rings is 2. The lowest BCUT2D eigenvalue weighted by molar-refractivity contribution is -0.142. The van der Waals surface area contributed by atoms with Crippen molar-refractivity contribution in [2.45, 2.75) is 44.0 Å². The molecular weight excluding hydrogens is 481 g/mol. The van der Waals surface area contributed by atoms with Crippen LogP contribution >= 0.6 is 0 Å². The molecule has 1 aliphatic rings. The maximum atomic E-state index is 13.5. The summed E-state index contributed by atoms with van der Waals surface area (Å²) < 4.78 is 119. The van der Waals surface area contributed by atoms with Gasteiger partial charge in [-0.25, -0.2) is 0 Å². The van der Waals surface area contributed by atoms with E-state index in [9.17, 15) is 44.3 Å². The number of rotatable bonds is 5. The Morgan fingerprint density at radius 1 is 0.853 bits per heavy atom. The van der Waals surface area contributed by atoms with E-state index in [1.165, 1.54) is 4.90 Å². The number of carboxylic acids is 1. The normalized spacial score (nSPS) is 20.0. The molecule has 1 saturated heterocycles. The zero-order valence-electron chi connectivity index (χ0n) is 17.2. The molecule has 1 unspecified atom stereocenters. The third-order valence-electron chi connectivity index (χ3n) is 5.69. The molecular formula is C22H18F9NO2. The Bertz CT molecular complexity index is 1030. The van der Waals surface area contributed by atoms with E-state index >= 15 is 0 Å². The van der Waals surface area contributed by atoms with Crippen LogP contribution in [0.2, 0.25) is 0 Å². The monoisotopic (exact) mass is 499 g/mol. The second-order valence-corrected chi connectivity index (χ2v) is 8.13. The topological polar surface area (TPSA) is 40.5 Å². The fourth-order valence-electron chi connectivity index (χ4n) is 4.21. The standard InChI is InChI=1S/C22H18F9NO2/c23-20(24,25)15-3-1-13(2-4-15)18-7-12(8-19(33)34)10-32(18)11-14-9-16(21(26,27)28)5-6-17(14)22(29,30)31/h1-6,9,12,18H,7-8,10-11H2,(H,33,34)/t12-,18?/m0/s1. The van der Waals surface area contributed by atoms with Crippen molar-refractivity contribution in [3.8, 4) is 0 Å². The first-order valence-corrected chi connectivity index (χ1v) is 9.96. The van der Waals surface area contributed by atoms with Gasteiger partial charge >= 0.3 is 24.5 Å². The van der Waals surface area contributed by atoms with Gasteiger partial charge < -0.3 is 5.11 Å². The maximum absolute atomic E-state index is 13.5. The number of aliphatic carboxylic acids is 1. The summed E-state index contributed by atoms with van der Waals surface area (Å²) in [5.41, 5.74) is -3.85. The van der Waals surface area contributed by atoms with Crippen molar-refractivity contribution >= 4 is 5.97 Å². The Balaban J connectivity index is 1.99. The molecule has 34 heavy (non-hydrogen) atoms. The van der Waals surface area contributed by atoms with Crippen LogP contribution in [0.4, 0.5) is 39.5 Å². The number of nitrogens with zero attached hydrogens (tertiary/aromatic N) is 1. The number of carbonyl (C=O) groups is 1. The number of carboxylic acid groups (broad SMARTS) is 1. The van der Waals surface area contributed by atoms with Crippen LogP contribution in [-0.4, -0.2) is 22.5 Å². The van der Waals surface area contributed by atoms with E-state index in [0.717, 1.165) is 24.3 Å². The highest BCUT2D eigenvalue weighted by Gasteiger charge is 2.40. The first-order chi connectivity index (χ1) is 15.6. The Morgan fingerprint density at radius 3 is 1.91 bits per heavy atom. The summed E-state index contributed by atoms with van der Waals surface area (Å²) >= 11 is 0. The van der Waals surface area contributed by atoms with Gasteiger partial charge in [0.1, 0.15) is 0 Å². The van der Waals surface area contributed by atoms with Crippen LogP contribution in [0.15, 0.2) is 42.5 Å². The predicted octanol–water partition coefficient (Wildman–Crippen LogP) is 6.78. The summed E-state index contributed by atoms with van der Waals surface area (Å²) in [6.07, 6.45) is -14.7. The number of hydrogen-bond acceptors (Lipinski definition) is 2. The Morgan fingerprint density at radius 2 is 1.41 bits per heavy atom. The van der Waals surface area contributed by atoms with Crippen LogP contribution in [0.1, 0.15) is 46.7 Å². The SMILES string of the molecule is O=C(O)C[C@@H]1CC(c2ccc(C(F)(F)F)cc2)N(Cc2cc(C(F)(F)F)ccc2C(F)(F)F)C1. The molecule has 0 aliphatic carbocycles. The summed E-state index contributed by atoms with van der Waals surface area (Å²) in [6.45, 7) is -0.647. The van der Waals surface area contributed by atoms with Crippen LogP contribution in [0.25, 0.3) is 0 Å². The van der Waals surface area contributed by atoms with E-state index in [2.05, 4.69) is 0 Å². The zero-order chi connectivity index (χ0) is 25.5. The van der Waals surface area contributed by atoms with E-state index in [1.54, 1.807) is 0 Å². The number of likely N-dealkylation sites (tertiary alicyclic amines) is 1. The molecule has 0 spiro atoms. The third kappa shape index (κ3) is 6.02. The molecule has 0 radical (unpaired) electrons. The molecule has 0 saturated carbocycles. The Labute approximate surface area is 187 Å². The number of hydrogen-bond donors (Lipinski definition) is 1. The second kappa shape index (κ2) is 9.12. The molecule has 1 heterocycles. The van der Waals surface area contributed by atoms with Gasteiger partial charge in [-0.05, 0) is 53.8 Å². The van der Waals surface area contributed by atoms with Gasteiger partial charge in [-0.15, -0.1) is 0 Å². The molecule has 0 bridgehead atoms. The van der Waals surface area contributed by atoms with Crippen LogP contribution in [0, 0.1) is 5.92 Å². The highest BCUT2D eigenvalue weighted by molar-refractivity contribution is 5.67. The van der Waals surface area contributed by atoms with Crippen LogP contribution in [0.3, 0.4) is 0 Å². The fourth-order valence-corrected chi connectivity index (χ4v) is 4.21. The maximum Gasteiger partial charge on any atom is 0.416 e. The molecule has 1 aliphatic heterocycles. The minimum atomic E-state index is -4.94.